The van der Waals surface area contributed by atoms with Gasteiger partial charge in [-0.3, -0.25) is 4.72 Å². The molecular formula is C20H26BrN3O3S. The first-order valence-corrected chi connectivity index (χ1v) is 11.4. The molecule has 8 heteroatoms. The van der Waals surface area contributed by atoms with E-state index in [4.69, 9.17) is 4.74 Å². The van der Waals surface area contributed by atoms with E-state index in [9.17, 15) is 8.42 Å². The van der Waals surface area contributed by atoms with Gasteiger partial charge in [0, 0.05) is 29.6 Å². The van der Waals surface area contributed by atoms with E-state index in [0.717, 1.165) is 29.0 Å². The summed E-state index contributed by atoms with van der Waals surface area (Å²) in [6.45, 7) is 7.70. The topological polar surface area (TPSA) is 70.7 Å². The van der Waals surface area contributed by atoms with E-state index >= 15 is 0 Å². The largest absolute Gasteiger partial charge is 0.495 e. The molecule has 2 aromatic rings. The monoisotopic (exact) mass is 467 g/mol. The standard InChI is InChI=1S/C20H26BrN3O3S/c1-13-9-16(21)5-8-20(13)28(25,26)23-17-6-7-19(27-4)18(10-17)24-11-14(2)22-15(3)12-24/h5-10,14-15,22-23H,11-12H2,1-4H3. The lowest BCUT2D eigenvalue weighted by molar-refractivity contribution is 0.391. The molecule has 1 aliphatic heterocycles. The number of benzene rings is 2. The van der Waals surface area contributed by atoms with Crippen molar-refractivity contribution in [1.29, 1.82) is 0 Å². The summed E-state index contributed by atoms with van der Waals surface area (Å²) in [5.41, 5.74) is 2.08. The summed E-state index contributed by atoms with van der Waals surface area (Å²) >= 11 is 3.37. The Hall–Kier alpha value is -1.77. The number of rotatable bonds is 5. The second-order valence-electron chi connectivity index (χ2n) is 7.28. The van der Waals surface area contributed by atoms with Gasteiger partial charge in [-0.15, -0.1) is 0 Å². The Morgan fingerprint density at radius 1 is 1.14 bits per heavy atom. The summed E-state index contributed by atoms with van der Waals surface area (Å²) in [5.74, 6) is 0.726. The number of methoxy groups -OCH3 is 1. The van der Waals surface area contributed by atoms with E-state index in [1.165, 1.54) is 0 Å². The first kappa shape index (κ1) is 21.0. The molecule has 2 unspecified atom stereocenters. The molecule has 1 aliphatic rings. The van der Waals surface area contributed by atoms with Crippen LogP contribution in [0.25, 0.3) is 0 Å². The Morgan fingerprint density at radius 3 is 2.43 bits per heavy atom. The molecule has 0 spiro atoms. The molecule has 0 amide bonds. The van der Waals surface area contributed by atoms with Crippen LogP contribution in [-0.2, 0) is 10.0 Å². The second-order valence-corrected chi connectivity index (χ2v) is 9.84. The second kappa shape index (κ2) is 8.31. The number of sulfonamides is 1. The zero-order valence-electron chi connectivity index (χ0n) is 16.5. The molecule has 1 fully saturated rings. The Labute approximate surface area is 175 Å². The molecule has 28 heavy (non-hydrogen) atoms. The molecule has 2 aromatic carbocycles. The third kappa shape index (κ3) is 4.61. The van der Waals surface area contributed by atoms with Crippen molar-refractivity contribution >= 4 is 37.3 Å². The quantitative estimate of drug-likeness (QED) is 0.700. The Morgan fingerprint density at radius 2 is 1.82 bits per heavy atom. The minimum Gasteiger partial charge on any atom is -0.495 e. The normalized spacial score (nSPS) is 20.1. The highest BCUT2D eigenvalue weighted by Gasteiger charge is 2.24. The third-order valence-corrected chi connectivity index (χ3v) is 6.79. The summed E-state index contributed by atoms with van der Waals surface area (Å²) in [6.07, 6.45) is 0. The maximum Gasteiger partial charge on any atom is 0.262 e. The van der Waals surface area contributed by atoms with E-state index < -0.39 is 10.0 Å². The fourth-order valence-electron chi connectivity index (χ4n) is 3.65. The van der Waals surface area contributed by atoms with Crippen molar-refractivity contribution in [2.75, 3.05) is 29.8 Å². The molecule has 0 bridgehead atoms. The van der Waals surface area contributed by atoms with Crippen molar-refractivity contribution in [2.24, 2.45) is 0 Å². The maximum atomic E-state index is 12.9. The first-order chi connectivity index (χ1) is 13.2. The summed E-state index contributed by atoms with van der Waals surface area (Å²) in [5, 5.41) is 3.50. The van der Waals surface area contributed by atoms with Gasteiger partial charge >= 0.3 is 0 Å². The molecule has 2 atom stereocenters. The molecule has 3 rings (SSSR count). The number of halogens is 1. The van der Waals surface area contributed by atoms with Crippen molar-refractivity contribution in [3.8, 4) is 5.75 Å². The van der Waals surface area contributed by atoms with Gasteiger partial charge in [-0.2, -0.15) is 0 Å². The summed E-state index contributed by atoms with van der Waals surface area (Å²) < 4.78 is 34.9. The molecular weight excluding hydrogens is 442 g/mol. The van der Waals surface area contributed by atoms with Gasteiger partial charge in [0.2, 0.25) is 0 Å². The Balaban J connectivity index is 1.93. The van der Waals surface area contributed by atoms with Gasteiger partial charge in [-0.25, -0.2) is 8.42 Å². The van der Waals surface area contributed by atoms with Crippen molar-refractivity contribution < 1.29 is 13.2 Å². The van der Waals surface area contributed by atoms with Crippen LogP contribution in [0.4, 0.5) is 11.4 Å². The lowest BCUT2D eigenvalue weighted by Crippen LogP contribution is -2.54. The van der Waals surface area contributed by atoms with Crippen LogP contribution in [-0.4, -0.2) is 40.7 Å². The molecule has 2 N–H and O–H groups in total. The fraction of sp³-hybridized carbons (Fsp3) is 0.400. The highest BCUT2D eigenvalue weighted by atomic mass is 79.9. The van der Waals surface area contributed by atoms with Crippen LogP contribution >= 0.6 is 15.9 Å². The van der Waals surface area contributed by atoms with E-state index in [1.807, 2.05) is 6.07 Å². The molecule has 6 nitrogen and oxygen atoms in total. The predicted octanol–water partition coefficient (Wildman–Crippen LogP) is 3.75. The minimum absolute atomic E-state index is 0.262. The van der Waals surface area contributed by atoms with Crippen LogP contribution in [0.3, 0.4) is 0 Å². The Bertz CT molecular complexity index is 955. The van der Waals surface area contributed by atoms with Crippen molar-refractivity contribution in [2.45, 2.75) is 37.8 Å². The van der Waals surface area contributed by atoms with Crippen LogP contribution in [0.1, 0.15) is 19.4 Å². The fourth-order valence-corrected chi connectivity index (χ4v) is 5.40. The molecule has 1 heterocycles. The average Bonchev–Trinajstić information content (AvgIpc) is 2.60. The smallest absolute Gasteiger partial charge is 0.262 e. The Kier molecular flexibility index (Phi) is 6.21. The zero-order chi connectivity index (χ0) is 20.5. The van der Waals surface area contributed by atoms with Gasteiger partial charge in [0.25, 0.3) is 10.0 Å². The van der Waals surface area contributed by atoms with Crippen molar-refractivity contribution in [1.82, 2.24) is 5.32 Å². The zero-order valence-corrected chi connectivity index (χ0v) is 18.9. The molecule has 0 aromatic heterocycles. The number of ether oxygens (including phenoxy) is 1. The number of nitrogens with one attached hydrogen (secondary N) is 2. The number of hydrogen-bond donors (Lipinski definition) is 2. The van der Waals surface area contributed by atoms with Gasteiger partial charge in [0.15, 0.2) is 0 Å². The van der Waals surface area contributed by atoms with Crippen molar-refractivity contribution in [3.63, 3.8) is 0 Å². The predicted molar refractivity (Wildman–Crippen MR) is 117 cm³/mol. The summed E-state index contributed by atoms with van der Waals surface area (Å²) in [4.78, 5) is 2.49. The van der Waals surface area contributed by atoms with Crippen molar-refractivity contribution in [3.05, 3.63) is 46.4 Å². The van der Waals surface area contributed by atoms with E-state index in [1.54, 1.807) is 44.4 Å². The lowest BCUT2D eigenvalue weighted by atomic mass is 10.1. The lowest BCUT2D eigenvalue weighted by Gasteiger charge is -2.38. The van der Waals surface area contributed by atoms with Gasteiger partial charge < -0.3 is 15.0 Å². The SMILES string of the molecule is COc1ccc(NS(=O)(=O)c2ccc(Br)cc2C)cc1N1CC(C)NC(C)C1. The number of nitrogens with zero attached hydrogens (tertiary/aromatic N) is 1. The van der Waals surface area contributed by atoms with E-state index in [-0.39, 0.29) is 4.90 Å². The van der Waals surface area contributed by atoms with Gasteiger partial charge in [-0.05, 0) is 62.7 Å². The molecule has 1 saturated heterocycles. The first-order valence-electron chi connectivity index (χ1n) is 9.17. The molecule has 0 saturated carbocycles. The van der Waals surface area contributed by atoms with Gasteiger partial charge in [-0.1, -0.05) is 15.9 Å². The number of aryl methyl sites for hydroxylation is 1. The van der Waals surface area contributed by atoms with Crippen LogP contribution < -0.4 is 19.7 Å². The molecule has 152 valence electrons. The van der Waals surface area contributed by atoms with Crippen LogP contribution in [0.15, 0.2) is 45.8 Å². The van der Waals surface area contributed by atoms with Gasteiger partial charge in [0.05, 0.1) is 23.4 Å². The van der Waals surface area contributed by atoms with Crippen LogP contribution in [0, 0.1) is 6.92 Å². The number of piperazine rings is 1. The van der Waals surface area contributed by atoms with Crippen LogP contribution in [0.5, 0.6) is 5.75 Å². The van der Waals surface area contributed by atoms with E-state index in [0.29, 0.717) is 23.3 Å². The highest BCUT2D eigenvalue weighted by molar-refractivity contribution is 9.10. The molecule has 0 radical (unpaired) electrons. The number of hydrogen-bond acceptors (Lipinski definition) is 5. The van der Waals surface area contributed by atoms with Gasteiger partial charge in [0.1, 0.15) is 5.75 Å². The third-order valence-electron chi connectivity index (χ3n) is 4.76. The number of anilines is 2. The highest BCUT2D eigenvalue weighted by Crippen LogP contribution is 2.33. The van der Waals surface area contributed by atoms with E-state index in [2.05, 4.69) is 44.7 Å². The summed E-state index contributed by atoms with van der Waals surface area (Å²) in [7, 11) is -2.06. The summed E-state index contributed by atoms with van der Waals surface area (Å²) in [6, 6.07) is 11.2. The maximum absolute atomic E-state index is 12.9. The molecule has 0 aliphatic carbocycles. The average molecular weight is 468 g/mol. The van der Waals surface area contributed by atoms with Crippen LogP contribution in [0.2, 0.25) is 0 Å². The minimum atomic E-state index is -3.69.